The van der Waals surface area contributed by atoms with Crippen LogP contribution in [0.15, 0.2) is 48.7 Å². The first-order valence-corrected chi connectivity index (χ1v) is 9.92. The molecule has 0 spiro atoms. The molecule has 0 saturated carbocycles. The standard InChI is InChI=1S/C23H28N4O2/c1-16(2)15-29-21-8-5-19(6-9-21)11-12-24-23(28)20-7-10-22(25-14-20)27-18(4)13-17(3)26-27/h5-10,13-14,16H,11-12,15H2,1-4H3,(H,24,28). The van der Waals surface area contributed by atoms with Crippen LogP contribution in [0.4, 0.5) is 0 Å². The third-order valence-electron chi connectivity index (χ3n) is 4.44. The maximum absolute atomic E-state index is 12.4. The van der Waals surface area contributed by atoms with Crippen LogP contribution < -0.4 is 10.1 Å². The Labute approximate surface area is 171 Å². The predicted molar refractivity (Wildman–Crippen MR) is 114 cm³/mol. The molecule has 1 amide bonds. The first kappa shape index (κ1) is 20.6. The second kappa shape index (κ2) is 9.37. The molecule has 0 radical (unpaired) electrons. The van der Waals surface area contributed by atoms with Crippen molar-refractivity contribution < 1.29 is 9.53 Å². The molecule has 6 nitrogen and oxygen atoms in total. The van der Waals surface area contributed by atoms with Gasteiger partial charge in [-0.2, -0.15) is 5.10 Å². The van der Waals surface area contributed by atoms with Crippen molar-refractivity contribution in [3.05, 3.63) is 71.2 Å². The van der Waals surface area contributed by atoms with Crippen LogP contribution >= 0.6 is 0 Å². The van der Waals surface area contributed by atoms with E-state index >= 15 is 0 Å². The largest absolute Gasteiger partial charge is 0.493 e. The van der Waals surface area contributed by atoms with Gasteiger partial charge in [0.2, 0.25) is 0 Å². The Kier molecular flexibility index (Phi) is 6.65. The average Bonchev–Trinajstić information content (AvgIpc) is 3.05. The Bertz CT molecular complexity index is 944. The lowest BCUT2D eigenvalue weighted by molar-refractivity contribution is 0.0954. The quantitative estimate of drug-likeness (QED) is 0.631. The van der Waals surface area contributed by atoms with Crippen molar-refractivity contribution in [3.63, 3.8) is 0 Å². The lowest BCUT2D eigenvalue weighted by atomic mass is 10.1. The number of rotatable bonds is 8. The fraction of sp³-hybridized carbons (Fsp3) is 0.348. The van der Waals surface area contributed by atoms with Crippen LogP contribution in [0.1, 0.15) is 41.2 Å². The van der Waals surface area contributed by atoms with Crippen LogP contribution in [-0.4, -0.2) is 33.8 Å². The molecule has 6 heteroatoms. The number of carbonyl (C=O) groups excluding carboxylic acids is 1. The maximum Gasteiger partial charge on any atom is 0.252 e. The van der Waals surface area contributed by atoms with E-state index in [0.717, 1.165) is 29.1 Å². The summed E-state index contributed by atoms with van der Waals surface area (Å²) in [7, 11) is 0. The van der Waals surface area contributed by atoms with Gasteiger partial charge in [0.1, 0.15) is 5.75 Å². The molecule has 1 N–H and O–H groups in total. The zero-order chi connectivity index (χ0) is 20.8. The van der Waals surface area contributed by atoms with Gasteiger partial charge in [-0.25, -0.2) is 9.67 Å². The van der Waals surface area contributed by atoms with E-state index in [2.05, 4.69) is 29.2 Å². The Morgan fingerprint density at radius 3 is 2.48 bits per heavy atom. The Morgan fingerprint density at radius 1 is 1.14 bits per heavy atom. The van der Waals surface area contributed by atoms with Gasteiger partial charge < -0.3 is 10.1 Å². The number of nitrogens with zero attached hydrogens (tertiary/aromatic N) is 3. The first-order valence-electron chi connectivity index (χ1n) is 9.92. The second-order valence-corrected chi connectivity index (χ2v) is 7.60. The van der Waals surface area contributed by atoms with Crippen LogP contribution in [0.2, 0.25) is 0 Å². The summed E-state index contributed by atoms with van der Waals surface area (Å²) < 4.78 is 7.46. The summed E-state index contributed by atoms with van der Waals surface area (Å²) in [4.78, 5) is 16.7. The molecule has 0 unspecified atom stereocenters. The minimum Gasteiger partial charge on any atom is -0.493 e. The molecule has 3 aromatic rings. The summed E-state index contributed by atoms with van der Waals surface area (Å²) in [5, 5.41) is 7.35. The zero-order valence-electron chi connectivity index (χ0n) is 17.5. The number of hydrogen-bond acceptors (Lipinski definition) is 4. The molecule has 0 aliphatic heterocycles. The minimum absolute atomic E-state index is 0.130. The summed E-state index contributed by atoms with van der Waals surface area (Å²) in [6.07, 6.45) is 2.34. The van der Waals surface area contributed by atoms with Crippen LogP contribution in [0, 0.1) is 19.8 Å². The molecule has 0 aliphatic rings. The highest BCUT2D eigenvalue weighted by atomic mass is 16.5. The van der Waals surface area contributed by atoms with E-state index in [1.807, 2.05) is 50.2 Å². The van der Waals surface area contributed by atoms with Crippen molar-refractivity contribution in [2.45, 2.75) is 34.1 Å². The number of benzene rings is 1. The number of amides is 1. The third kappa shape index (κ3) is 5.67. The zero-order valence-corrected chi connectivity index (χ0v) is 17.5. The van der Waals surface area contributed by atoms with Crippen LogP contribution in [0.5, 0.6) is 5.75 Å². The van der Waals surface area contributed by atoms with E-state index in [0.29, 0.717) is 30.5 Å². The van der Waals surface area contributed by atoms with Crippen LogP contribution in [0.25, 0.3) is 5.82 Å². The monoisotopic (exact) mass is 392 g/mol. The van der Waals surface area contributed by atoms with Gasteiger partial charge in [0.05, 0.1) is 17.9 Å². The van der Waals surface area contributed by atoms with Crippen LogP contribution in [-0.2, 0) is 6.42 Å². The molecular formula is C23H28N4O2. The summed E-state index contributed by atoms with van der Waals surface area (Å²) in [5.41, 5.74) is 3.63. The molecule has 2 heterocycles. The van der Waals surface area contributed by atoms with E-state index in [1.165, 1.54) is 0 Å². The third-order valence-corrected chi connectivity index (χ3v) is 4.44. The van der Waals surface area contributed by atoms with Gasteiger partial charge >= 0.3 is 0 Å². The summed E-state index contributed by atoms with van der Waals surface area (Å²) in [6, 6.07) is 13.6. The summed E-state index contributed by atoms with van der Waals surface area (Å²) >= 11 is 0. The van der Waals surface area contributed by atoms with E-state index in [1.54, 1.807) is 16.9 Å². The SMILES string of the molecule is Cc1cc(C)n(-c2ccc(C(=O)NCCc3ccc(OCC(C)C)cc3)cn2)n1. The number of pyridine rings is 1. The van der Waals surface area contributed by atoms with E-state index in [9.17, 15) is 4.79 Å². The molecule has 1 aromatic carbocycles. The van der Waals surface area contributed by atoms with E-state index in [-0.39, 0.29) is 5.91 Å². The van der Waals surface area contributed by atoms with Gasteiger partial charge in [-0.1, -0.05) is 26.0 Å². The Balaban J connectivity index is 1.50. The maximum atomic E-state index is 12.4. The van der Waals surface area contributed by atoms with Crippen molar-refractivity contribution in [1.82, 2.24) is 20.1 Å². The summed E-state index contributed by atoms with van der Waals surface area (Å²) in [5.74, 6) is 1.95. The van der Waals surface area contributed by atoms with Crippen molar-refractivity contribution >= 4 is 5.91 Å². The Morgan fingerprint density at radius 2 is 1.90 bits per heavy atom. The first-order chi connectivity index (χ1) is 13.9. The number of ether oxygens (including phenoxy) is 1. The molecule has 0 saturated heterocycles. The van der Waals surface area contributed by atoms with Crippen molar-refractivity contribution in [2.75, 3.05) is 13.2 Å². The lowest BCUT2D eigenvalue weighted by Crippen LogP contribution is -2.25. The van der Waals surface area contributed by atoms with Crippen molar-refractivity contribution in [3.8, 4) is 11.6 Å². The second-order valence-electron chi connectivity index (χ2n) is 7.60. The van der Waals surface area contributed by atoms with E-state index in [4.69, 9.17) is 4.74 Å². The van der Waals surface area contributed by atoms with Gasteiger partial charge in [0.15, 0.2) is 5.82 Å². The van der Waals surface area contributed by atoms with Crippen molar-refractivity contribution in [2.24, 2.45) is 5.92 Å². The van der Waals surface area contributed by atoms with Gasteiger partial charge in [-0.15, -0.1) is 0 Å². The van der Waals surface area contributed by atoms with Gasteiger partial charge in [-0.3, -0.25) is 4.79 Å². The molecule has 29 heavy (non-hydrogen) atoms. The fourth-order valence-electron chi connectivity index (χ4n) is 2.94. The van der Waals surface area contributed by atoms with Crippen LogP contribution in [0.3, 0.4) is 0 Å². The predicted octanol–water partition coefficient (Wildman–Crippen LogP) is 3.89. The molecule has 152 valence electrons. The highest BCUT2D eigenvalue weighted by molar-refractivity contribution is 5.93. The molecule has 0 atom stereocenters. The van der Waals surface area contributed by atoms with Gasteiger partial charge in [-0.05, 0) is 62.1 Å². The van der Waals surface area contributed by atoms with Crippen molar-refractivity contribution in [1.29, 1.82) is 0 Å². The van der Waals surface area contributed by atoms with E-state index < -0.39 is 0 Å². The minimum atomic E-state index is -0.130. The molecule has 0 fully saturated rings. The molecule has 0 aliphatic carbocycles. The number of carbonyl (C=O) groups is 1. The van der Waals surface area contributed by atoms with Gasteiger partial charge in [0.25, 0.3) is 5.91 Å². The molecule has 2 aromatic heterocycles. The fourth-order valence-corrected chi connectivity index (χ4v) is 2.94. The Hall–Kier alpha value is -3.15. The number of aromatic nitrogens is 3. The smallest absolute Gasteiger partial charge is 0.252 e. The molecular weight excluding hydrogens is 364 g/mol. The topological polar surface area (TPSA) is 69.0 Å². The highest BCUT2D eigenvalue weighted by Crippen LogP contribution is 2.14. The molecule has 0 bridgehead atoms. The highest BCUT2D eigenvalue weighted by Gasteiger charge is 2.09. The lowest BCUT2D eigenvalue weighted by Gasteiger charge is -2.10. The number of hydrogen-bond donors (Lipinski definition) is 1. The average molecular weight is 393 g/mol. The molecule has 3 rings (SSSR count). The number of aryl methyl sites for hydroxylation is 2. The summed E-state index contributed by atoms with van der Waals surface area (Å²) in [6.45, 7) is 9.44. The van der Waals surface area contributed by atoms with Gasteiger partial charge in [0, 0.05) is 18.4 Å². The normalized spacial score (nSPS) is 10.9. The number of nitrogens with one attached hydrogen (secondary N) is 1.